The van der Waals surface area contributed by atoms with E-state index in [1.54, 1.807) is 0 Å². The van der Waals surface area contributed by atoms with Crippen LogP contribution in [0.3, 0.4) is 0 Å². The zero-order chi connectivity index (χ0) is 20.0. The van der Waals surface area contributed by atoms with E-state index in [4.69, 9.17) is 10.2 Å². The number of thiazole rings is 1. The van der Waals surface area contributed by atoms with Gasteiger partial charge in [0.2, 0.25) is 0 Å². The van der Waals surface area contributed by atoms with Gasteiger partial charge in [0.25, 0.3) is 16.7 Å². The molecule has 1 fully saturated rings. The molecule has 3 aromatic heterocycles. The number of nitrogen functional groups attached to an aromatic ring is 1. The lowest BCUT2D eigenvalue weighted by atomic mass is 10.2. The van der Waals surface area contributed by atoms with Gasteiger partial charge in [-0.1, -0.05) is 11.8 Å². The molecule has 1 aliphatic carbocycles. The van der Waals surface area contributed by atoms with Crippen molar-refractivity contribution >= 4 is 34.7 Å². The van der Waals surface area contributed by atoms with Gasteiger partial charge in [-0.3, -0.25) is 19.1 Å². The van der Waals surface area contributed by atoms with Crippen LogP contribution in [0.2, 0.25) is 0 Å². The van der Waals surface area contributed by atoms with Gasteiger partial charge in [-0.25, -0.2) is 9.78 Å². The molecule has 3 heterocycles. The van der Waals surface area contributed by atoms with Gasteiger partial charge < -0.3 is 10.2 Å². The van der Waals surface area contributed by atoms with E-state index in [2.05, 4.69) is 20.2 Å². The molecule has 12 heteroatoms. The van der Waals surface area contributed by atoms with Crippen LogP contribution in [-0.2, 0) is 0 Å². The number of nitrogens with two attached hydrogens (primary N) is 1. The second kappa shape index (κ2) is 7.02. The molecule has 28 heavy (non-hydrogen) atoms. The summed E-state index contributed by atoms with van der Waals surface area (Å²) in [7, 11) is 0. The van der Waals surface area contributed by atoms with Crippen LogP contribution < -0.4 is 17.0 Å². The molecular weight excluding hydrogens is 404 g/mol. The van der Waals surface area contributed by atoms with Crippen LogP contribution in [0.5, 0.6) is 0 Å². The van der Waals surface area contributed by atoms with Crippen LogP contribution >= 0.6 is 23.1 Å². The number of thioether (sulfide) groups is 1. The molecule has 0 saturated heterocycles. The summed E-state index contributed by atoms with van der Waals surface area (Å²) in [5.41, 5.74) is 5.15. The molecule has 0 amide bonds. The van der Waals surface area contributed by atoms with Crippen LogP contribution in [0.15, 0.2) is 19.2 Å². The third-order valence-corrected chi connectivity index (χ3v) is 6.08. The fourth-order valence-electron chi connectivity index (χ4n) is 2.82. The van der Waals surface area contributed by atoms with Crippen LogP contribution in [0.4, 0.5) is 5.82 Å². The number of nitrogens with one attached hydrogen (secondary N) is 1. The smallest absolute Gasteiger partial charge is 0.330 e. The topological polar surface area (TPSA) is 150 Å². The minimum atomic E-state index is -0.785. The maximum absolute atomic E-state index is 12.6. The Morgan fingerprint density at radius 1 is 1.36 bits per heavy atom. The monoisotopic (exact) mass is 420 g/mol. The molecule has 0 unspecified atom stereocenters. The predicted octanol–water partition coefficient (Wildman–Crippen LogP) is 1.55. The average Bonchev–Trinajstić information content (AvgIpc) is 3.23. The molecule has 1 saturated carbocycles. The zero-order valence-electron chi connectivity index (χ0n) is 15.0. The quantitative estimate of drug-likeness (QED) is 0.447. The number of aromatic amines is 1. The summed E-state index contributed by atoms with van der Waals surface area (Å²) in [6, 6.07) is -0.0619. The summed E-state index contributed by atoms with van der Waals surface area (Å²) in [5.74, 6) is -0.400. The SMILES string of the molecule is Cc1nc(C)c(-c2nnc(SCC(=O)c3c(N)n(C4CC4)c(=O)[nH]c3=O)o2)s1. The third kappa shape index (κ3) is 3.40. The van der Waals surface area contributed by atoms with Crippen molar-refractivity contribution < 1.29 is 9.21 Å². The van der Waals surface area contributed by atoms with Gasteiger partial charge in [-0.15, -0.1) is 21.5 Å². The first-order chi connectivity index (χ1) is 13.3. The number of hydrogen-bond acceptors (Lipinski definition) is 10. The van der Waals surface area contributed by atoms with Gasteiger partial charge in [0.15, 0.2) is 5.78 Å². The number of Topliss-reactive ketones (excluding diaryl/α,β-unsaturated/α-hetero) is 1. The number of H-pyrrole nitrogens is 1. The predicted molar refractivity (Wildman–Crippen MR) is 104 cm³/mol. The Hall–Kier alpha value is -2.73. The van der Waals surface area contributed by atoms with Crippen molar-refractivity contribution in [3.63, 3.8) is 0 Å². The van der Waals surface area contributed by atoms with Crippen molar-refractivity contribution in [2.45, 2.75) is 38.0 Å². The second-order valence-electron chi connectivity index (χ2n) is 6.35. The van der Waals surface area contributed by atoms with E-state index >= 15 is 0 Å². The largest absolute Gasteiger partial charge is 0.410 e. The summed E-state index contributed by atoms with van der Waals surface area (Å²) in [4.78, 5) is 43.9. The maximum Gasteiger partial charge on any atom is 0.330 e. The van der Waals surface area contributed by atoms with Crippen LogP contribution in [0, 0.1) is 13.8 Å². The molecule has 1 aliphatic rings. The summed E-state index contributed by atoms with van der Waals surface area (Å²) in [6.07, 6.45) is 1.58. The highest BCUT2D eigenvalue weighted by Crippen LogP contribution is 2.35. The van der Waals surface area contributed by atoms with Crippen LogP contribution in [0.25, 0.3) is 10.8 Å². The van der Waals surface area contributed by atoms with Crippen molar-refractivity contribution in [3.8, 4) is 10.8 Å². The summed E-state index contributed by atoms with van der Waals surface area (Å²) in [6.45, 7) is 3.73. The molecule has 0 radical (unpaired) electrons. The Morgan fingerprint density at radius 3 is 2.75 bits per heavy atom. The van der Waals surface area contributed by atoms with E-state index in [9.17, 15) is 14.4 Å². The van der Waals surface area contributed by atoms with Gasteiger partial charge in [-0.2, -0.15) is 0 Å². The molecule has 4 rings (SSSR count). The Morgan fingerprint density at radius 2 is 2.11 bits per heavy atom. The minimum absolute atomic E-state index is 0.0619. The lowest BCUT2D eigenvalue weighted by molar-refractivity contribution is 0.102. The van der Waals surface area contributed by atoms with Gasteiger partial charge in [-0.05, 0) is 26.7 Å². The molecule has 0 atom stereocenters. The van der Waals surface area contributed by atoms with Crippen molar-refractivity contribution in [1.82, 2.24) is 24.7 Å². The second-order valence-corrected chi connectivity index (χ2v) is 8.48. The fourth-order valence-corrected chi connectivity index (χ4v) is 4.30. The van der Waals surface area contributed by atoms with Gasteiger partial charge in [0, 0.05) is 6.04 Å². The van der Waals surface area contributed by atoms with Crippen LogP contribution in [-0.4, -0.2) is 36.3 Å². The third-order valence-electron chi connectivity index (χ3n) is 4.20. The van der Waals surface area contributed by atoms with Gasteiger partial charge in [0.1, 0.15) is 16.3 Å². The van der Waals surface area contributed by atoms with E-state index in [0.29, 0.717) is 5.89 Å². The summed E-state index contributed by atoms with van der Waals surface area (Å²) in [5, 5.41) is 8.99. The molecule has 0 aliphatic heterocycles. The molecular formula is C16H16N6O4S2. The van der Waals surface area contributed by atoms with Crippen molar-refractivity contribution in [1.29, 1.82) is 0 Å². The number of hydrogen-bond donors (Lipinski definition) is 2. The fraction of sp³-hybridized carbons (Fsp3) is 0.375. The van der Waals surface area contributed by atoms with Crippen molar-refractivity contribution in [2.75, 3.05) is 11.5 Å². The van der Waals surface area contributed by atoms with E-state index in [-0.39, 0.29) is 28.4 Å². The number of anilines is 1. The summed E-state index contributed by atoms with van der Waals surface area (Å²) >= 11 is 2.44. The Kier molecular flexibility index (Phi) is 4.67. The number of ketones is 1. The molecule has 0 spiro atoms. The number of rotatable bonds is 6. The molecule has 3 aromatic rings. The molecule has 10 nitrogen and oxygen atoms in total. The number of aryl methyl sites for hydroxylation is 2. The lowest BCUT2D eigenvalue weighted by Gasteiger charge is -2.10. The average molecular weight is 420 g/mol. The van der Waals surface area contributed by atoms with E-state index in [1.165, 1.54) is 15.9 Å². The van der Waals surface area contributed by atoms with Crippen LogP contribution in [0.1, 0.15) is 39.9 Å². The van der Waals surface area contributed by atoms with Gasteiger partial charge in [0.05, 0.1) is 16.5 Å². The number of carbonyl (C=O) groups excluding carboxylic acids is 1. The first-order valence-electron chi connectivity index (χ1n) is 8.43. The Labute approximate surface area is 166 Å². The summed E-state index contributed by atoms with van der Waals surface area (Å²) < 4.78 is 6.87. The highest BCUT2D eigenvalue weighted by Gasteiger charge is 2.30. The van der Waals surface area contributed by atoms with E-state index in [1.807, 2.05) is 13.8 Å². The Balaban J connectivity index is 1.53. The van der Waals surface area contributed by atoms with Crippen molar-refractivity contribution in [2.24, 2.45) is 0 Å². The molecule has 0 bridgehead atoms. The molecule has 3 N–H and O–H groups in total. The number of aromatic nitrogens is 5. The van der Waals surface area contributed by atoms with E-state index < -0.39 is 17.0 Å². The minimum Gasteiger partial charge on any atom is -0.410 e. The molecule has 0 aromatic carbocycles. The van der Waals surface area contributed by atoms with Gasteiger partial charge >= 0.3 is 5.69 Å². The normalized spacial score (nSPS) is 13.8. The zero-order valence-corrected chi connectivity index (χ0v) is 16.6. The first-order valence-corrected chi connectivity index (χ1v) is 10.2. The maximum atomic E-state index is 12.6. The first kappa shape index (κ1) is 18.6. The number of carbonyl (C=O) groups is 1. The van der Waals surface area contributed by atoms with E-state index in [0.717, 1.165) is 40.2 Å². The highest BCUT2D eigenvalue weighted by atomic mass is 32.2. The highest BCUT2D eigenvalue weighted by molar-refractivity contribution is 7.99. The number of nitrogens with zero attached hydrogens (tertiary/aromatic N) is 4. The lowest BCUT2D eigenvalue weighted by Crippen LogP contribution is -2.36. The molecule has 146 valence electrons. The standard InChI is InChI=1S/C16H16N6O4S2/c1-6-11(28-7(2)18-6)14-20-21-16(26-14)27-5-9(23)10-12(17)22(8-3-4-8)15(25)19-13(10)24/h8H,3-5,17H2,1-2H3,(H,19,24,25). The Bertz CT molecular complexity index is 1190. The van der Waals surface area contributed by atoms with Crippen molar-refractivity contribution in [3.05, 3.63) is 37.1 Å².